The molecule has 0 saturated heterocycles. The number of aromatic nitrogens is 2. The van der Waals surface area contributed by atoms with Crippen molar-refractivity contribution in [3.8, 4) is 0 Å². The molecule has 0 radical (unpaired) electrons. The lowest BCUT2D eigenvalue weighted by Gasteiger charge is -2.19. The van der Waals surface area contributed by atoms with E-state index in [-0.39, 0.29) is 0 Å². The minimum absolute atomic E-state index is 0.504. The topological polar surface area (TPSA) is 29.0 Å². The van der Waals surface area contributed by atoms with Gasteiger partial charge in [0.25, 0.3) is 0 Å². The molecule has 1 saturated carbocycles. The first kappa shape index (κ1) is 13.8. The third-order valence-electron chi connectivity index (χ3n) is 3.40. The molecule has 0 N–H and O–H groups in total. The fourth-order valence-corrected chi connectivity index (χ4v) is 2.70. The third-order valence-corrected chi connectivity index (χ3v) is 4.36. The Bertz CT molecular complexity index is 628. The first-order valence-electron chi connectivity index (χ1n) is 6.62. The molecule has 3 nitrogen and oxygen atoms in total. The van der Waals surface area contributed by atoms with Gasteiger partial charge in [-0.25, -0.2) is 9.97 Å². The summed E-state index contributed by atoms with van der Waals surface area (Å²) >= 11 is 9.69. The second-order valence-corrected chi connectivity index (χ2v) is 6.37. The predicted octanol–water partition coefficient (Wildman–Crippen LogP) is 4.41. The van der Waals surface area contributed by atoms with Crippen LogP contribution < -0.4 is 4.90 Å². The monoisotopic (exact) mass is 351 g/mol. The average Bonchev–Trinajstić information content (AvgIpc) is 3.25. The normalized spacial score (nSPS) is 14.3. The van der Waals surface area contributed by atoms with Gasteiger partial charge < -0.3 is 4.90 Å². The molecule has 1 aliphatic carbocycles. The van der Waals surface area contributed by atoms with Crippen LogP contribution in [0.3, 0.4) is 0 Å². The van der Waals surface area contributed by atoms with Gasteiger partial charge in [0.1, 0.15) is 16.8 Å². The van der Waals surface area contributed by atoms with Crippen LogP contribution >= 0.6 is 27.5 Å². The second-order valence-electron chi connectivity index (χ2n) is 5.13. The van der Waals surface area contributed by atoms with E-state index in [2.05, 4.69) is 36.9 Å². The Hall–Kier alpha value is -1.13. The molecular formula is C15H15BrClN3. The summed E-state index contributed by atoms with van der Waals surface area (Å²) in [4.78, 5) is 11.1. The lowest BCUT2D eigenvalue weighted by molar-refractivity contribution is 0.852. The molecule has 0 spiro atoms. The van der Waals surface area contributed by atoms with Crippen molar-refractivity contribution in [2.75, 3.05) is 11.9 Å². The number of anilines is 1. The van der Waals surface area contributed by atoms with E-state index < -0.39 is 0 Å². The number of rotatable bonds is 4. The zero-order valence-electron chi connectivity index (χ0n) is 11.2. The van der Waals surface area contributed by atoms with Crippen LogP contribution in [0.4, 0.5) is 5.82 Å². The van der Waals surface area contributed by atoms with E-state index in [0.717, 1.165) is 22.7 Å². The smallest absolute Gasteiger partial charge is 0.135 e. The number of halogens is 2. The molecule has 1 heterocycles. The molecule has 104 valence electrons. The average molecular weight is 353 g/mol. The highest BCUT2D eigenvalue weighted by Crippen LogP contribution is 2.39. The summed E-state index contributed by atoms with van der Waals surface area (Å²) in [6.07, 6.45) is 2.35. The minimum Gasteiger partial charge on any atom is -0.355 e. The molecule has 1 aromatic carbocycles. The Morgan fingerprint density at radius 2 is 2.05 bits per heavy atom. The first-order valence-corrected chi connectivity index (χ1v) is 7.79. The highest BCUT2D eigenvalue weighted by atomic mass is 79.9. The molecular weight excluding hydrogens is 338 g/mol. The summed E-state index contributed by atoms with van der Waals surface area (Å²) in [5.41, 5.74) is 1.22. The Labute approximate surface area is 132 Å². The van der Waals surface area contributed by atoms with Crippen LogP contribution in [0.15, 0.2) is 34.8 Å². The van der Waals surface area contributed by atoms with Crippen molar-refractivity contribution in [1.29, 1.82) is 0 Å². The van der Waals surface area contributed by atoms with Gasteiger partial charge in [-0.3, -0.25) is 0 Å². The molecule has 0 atom stereocenters. The van der Waals surface area contributed by atoms with Crippen molar-refractivity contribution in [1.82, 2.24) is 9.97 Å². The summed E-state index contributed by atoms with van der Waals surface area (Å²) in [5, 5.41) is 0.524. The highest BCUT2D eigenvalue weighted by molar-refractivity contribution is 9.10. The fraction of sp³-hybridized carbons (Fsp3) is 0.333. The third kappa shape index (κ3) is 3.13. The van der Waals surface area contributed by atoms with Crippen molar-refractivity contribution in [3.63, 3.8) is 0 Å². The Morgan fingerprint density at radius 3 is 2.75 bits per heavy atom. The van der Waals surface area contributed by atoms with Gasteiger partial charge in [-0.2, -0.15) is 0 Å². The highest BCUT2D eigenvalue weighted by Gasteiger charge is 2.27. The zero-order valence-corrected chi connectivity index (χ0v) is 13.5. The van der Waals surface area contributed by atoms with Crippen molar-refractivity contribution in [3.05, 3.63) is 51.3 Å². The van der Waals surface area contributed by atoms with Crippen LogP contribution in [0.1, 0.15) is 30.1 Å². The van der Waals surface area contributed by atoms with E-state index in [4.69, 9.17) is 11.6 Å². The van der Waals surface area contributed by atoms with Crippen molar-refractivity contribution in [2.45, 2.75) is 25.3 Å². The van der Waals surface area contributed by atoms with Crippen LogP contribution in [0.5, 0.6) is 0 Å². The lowest BCUT2D eigenvalue weighted by Crippen LogP contribution is -2.18. The standard InChI is InChI=1S/C15H15BrClN3/c1-20(9-11-4-2-3-5-12(11)16)14-8-13(17)18-15(19-14)10-6-7-10/h2-5,8,10H,6-7,9H2,1H3. The van der Waals surface area contributed by atoms with E-state index in [9.17, 15) is 0 Å². The second kappa shape index (κ2) is 5.70. The molecule has 1 aromatic heterocycles. The Morgan fingerprint density at radius 1 is 1.30 bits per heavy atom. The first-order chi connectivity index (χ1) is 9.63. The maximum Gasteiger partial charge on any atom is 0.135 e. The van der Waals surface area contributed by atoms with Crippen LogP contribution in [-0.4, -0.2) is 17.0 Å². The number of hydrogen-bond acceptors (Lipinski definition) is 3. The molecule has 1 aliphatic rings. The van der Waals surface area contributed by atoms with Gasteiger partial charge in [-0.05, 0) is 24.5 Å². The summed E-state index contributed by atoms with van der Waals surface area (Å²) in [7, 11) is 2.02. The van der Waals surface area contributed by atoms with Crippen molar-refractivity contribution >= 4 is 33.3 Å². The van der Waals surface area contributed by atoms with E-state index in [1.54, 1.807) is 0 Å². The van der Waals surface area contributed by atoms with Gasteiger partial charge in [-0.1, -0.05) is 45.7 Å². The quantitative estimate of drug-likeness (QED) is 0.763. The Balaban J connectivity index is 1.83. The molecule has 20 heavy (non-hydrogen) atoms. The number of benzene rings is 1. The van der Waals surface area contributed by atoms with E-state index >= 15 is 0 Å². The molecule has 3 rings (SSSR count). The number of hydrogen-bond donors (Lipinski definition) is 0. The maximum absolute atomic E-state index is 6.11. The van der Waals surface area contributed by atoms with Gasteiger partial charge in [-0.15, -0.1) is 0 Å². The minimum atomic E-state index is 0.504. The molecule has 1 fully saturated rings. The molecule has 0 amide bonds. The van der Waals surface area contributed by atoms with E-state index in [0.29, 0.717) is 11.1 Å². The zero-order chi connectivity index (χ0) is 14.1. The predicted molar refractivity (Wildman–Crippen MR) is 85.3 cm³/mol. The van der Waals surface area contributed by atoms with Crippen molar-refractivity contribution in [2.24, 2.45) is 0 Å². The van der Waals surface area contributed by atoms with Crippen LogP contribution in [-0.2, 0) is 6.54 Å². The molecule has 0 bridgehead atoms. The molecule has 5 heteroatoms. The number of nitrogens with zero attached hydrogens (tertiary/aromatic N) is 3. The van der Waals surface area contributed by atoms with Crippen LogP contribution in [0.25, 0.3) is 0 Å². The molecule has 0 aliphatic heterocycles. The van der Waals surface area contributed by atoms with Gasteiger partial charge in [0.2, 0.25) is 0 Å². The maximum atomic E-state index is 6.11. The molecule has 0 unspecified atom stereocenters. The summed E-state index contributed by atoms with van der Waals surface area (Å²) in [5.74, 6) is 2.26. The summed E-state index contributed by atoms with van der Waals surface area (Å²) in [6, 6.07) is 10.0. The van der Waals surface area contributed by atoms with Crippen LogP contribution in [0, 0.1) is 0 Å². The van der Waals surface area contributed by atoms with E-state index in [1.165, 1.54) is 18.4 Å². The molecule has 2 aromatic rings. The van der Waals surface area contributed by atoms with Gasteiger partial charge in [0, 0.05) is 30.0 Å². The Kier molecular flexibility index (Phi) is 3.94. The van der Waals surface area contributed by atoms with Gasteiger partial charge in [0.05, 0.1) is 0 Å². The van der Waals surface area contributed by atoms with Crippen molar-refractivity contribution < 1.29 is 0 Å². The fourth-order valence-electron chi connectivity index (χ4n) is 2.11. The summed E-state index contributed by atoms with van der Waals surface area (Å²) < 4.78 is 1.11. The lowest BCUT2D eigenvalue weighted by atomic mass is 10.2. The van der Waals surface area contributed by atoms with Gasteiger partial charge in [0.15, 0.2) is 0 Å². The van der Waals surface area contributed by atoms with Crippen LogP contribution in [0.2, 0.25) is 5.15 Å². The van der Waals surface area contributed by atoms with Gasteiger partial charge >= 0.3 is 0 Å². The van der Waals surface area contributed by atoms with E-state index in [1.807, 2.05) is 31.3 Å². The largest absolute Gasteiger partial charge is 0.355 e. The summed E-state index contributed by atoms with van der Waals surface area (Å²) in [6.45, 7) is 0.777. The SMILES string of the molecule is CN(Cc1ccccc1Br)c1cc(Cl)nc(C2CC2)n1.